The third kappa shape index (κ3) is 5.15. The lowest BCUT2D eigenvalue weighted by molar-refractivity contribution is 0.102. The maximum absolute atomic E-state index is 12.9. The predicted octanol–water partition coefficient (Wildman–Crippen LogP) is 5.50. The van der Waals surface area contributed by atoms with Gasteiger partial charge in [0.25, 0.3) is 5.91 Å². The Kier molecular flexibility index (Phi) is 6.69. The van der Waals surface area contributed by atoms with Gasteiger partial charge in [0.05, 0.1) is 24.9 Å². The van der Waals surface area contributed by atoms with Crippen LogP contribution in [0.3, 0.4) is 0 Å². The number of benzene rings is 3. The van der Waals surface area contributed by atoms with Crippen LogP contribution in [-0.2, 0) is 6.54 Å². The Morgan fingerprint density at radius 1 is 1.03 bits per heavy atom. The number of ether oxygens (including phenoxy) is 1. The summed E-state index contributed by atoms with van der Waals surface area (Å²) >= 11 is 4.82. The van der Waals surface area contributed by atoms with Crippen LogP contribution in [0.1, 0.15) is 15.9 Å². The fraction of sp³-hybridized carbons (Fsp3) is 0.0870. The van der Waals surface area contributed by atoms with Crippen molar-refractivity contribution in [2.24, 2.45) is 0 Å². The van der Waals surface area contributed by atoms with Crippen LogP contribution in [0.15, 0.2) is 93.6 Å². The topological polar surface area (TPSA) is 69.0 Å². The number of nitrogens with zero attached hydrogens (tertiary/aromatic N) is 3. The van der Waals surface area contributed by atoms with Crippen LogP contribution < -0.4 is 10.1 Å². The molecule has 6 nitrogen and oxygen atoms in total. The van der Waals surface area contributed by atoms with Gasteiger partial charge in [0.1, 0.15) is 5.75 Å². The molecule has 1 aromatic heterocycles. The summed E-state index contributed by atoms with van der Waals surface area (Å²) in [6.07, 6.45) is 0. The number of methoxy groups -OCH3 is 1. The van der Waals surface area contributed by atoms with Crippen molar-refractivity contribution >= 4 is 39.3 Å². The monoisotopic (exact) mass is 494 g/mol. The first kappa shape index (κ1) is 21.1. The summed E-state index contributed by atoms with van der Waals surface area (Å²) < 4.78 is 7.66. The Morgan fingerprint density at radius 3 is 2.55 bits per heavy atom. The van der Waals surface area contributed by atoms with Crippen molar-refractivity contribution < 1.29 is 9.53 Å². The number of hydrogen-bond donors (Lipinski definition) is 1. The van der Waals surface area contributed by atoms with Gasteiger partial charge in [-0.25, -0.2) is 4.68 Å². The van der Waals surface area contributed by atoms with Crippen LogP contribution in [0.25, 0.3) is 0 Å². The van der Waals surface area contributed by atoms with E-state index in [-0.39, 0.29) is 5.91 Å². The molecule has 0 unspecified atom stereocenters. The highest BCUT2D eigenvalue weighted by atomic mass is 79.9. The highest BCUT2D eigenvalue weighted by molar-refractivity contribution is 9.10. The quantitative estimate of drug-likeness (QED) is 0.367. The molecule has 0 fully saturated rings. The summed E-state index contributed by atoms with van der Waals surface area (Å²) in [4.78, 5) is 18.2. The van der Waals surface area contributed by atoms with Crippen LogP contribution in [0.5, 0.6) is 5.75 Å². The second kappa shape index (κ2) is 9.80. The van der Waals surface area contributed by atoms with E-state index in [1.54, 1.807) is 19.2 Å². The summed E-state index contributed by atoms with van der Waals surface area (Å²) in [5, 5.41) is 8.17. The van der Waals surface area contributed by atoms with Crippen LogP contribution in [0.2, 0.25) is 0 Å². The van der Waals surface area contributed by atoms with Crippen molar-refractivity contribution in [1.82, 2.24) is 14.8 Å². The summed E-state index contributed by atoms with van der Waals surface area (Å²) in [7, 11) is 1.55. The molecule has 0 aliphatic rings. The van der Waals surface area contributed by atoms with E-state index in [2.05, 4.69) is 31.3 Å². The lowest BCUT2D eigenvalue weighted by atomic mass is 10.2. The van der Waals surface area contributed by atoms with Gasteiger partial charge in [-0.1, -0.05) is 54.6 Å². The third-order valence-corrected chi connectivity index (χ3v) is 5.87. The Hall–Kier alpha value is -3.10. The molecule has 8 heteroatoms. The molecule has 156 valence electrons. The number of amides is 1. The Balaban J connectivity index is 1.58. The van der Waals surface area contributed by atoms with Gasteiger partial charge in [-0.15, -0.1) is 5.10 Å². The van der Waals surface area contributed by atoms with Crippen molar-refractivity contribution in [3.05, 3.63) is 94.7 Å². The number of aromatic nitrogens is 3. The zero-order valence-corrected chi connectivity index (χ0v) is 19.1. The largest absolute Gasteiger partial charge is 0.496 e. The molecule has 0 atom stereocenters. The molecule has 0 spiro atoms. The fourth-order valence-corrected chi connectivity index (χ4v) is 4.41. The molecule has 0 aliphatic heterocycles. The molecular formula is C23H19BrN4O2S. The van der Waals surface area contributed by atoms with Crippen molar-refractivity contribution in [2.45, 2.75) is 16.6 Å². The minimum Gasteiger partial charge on any atom is -0.496 e. The number of rotatable bonds is 7. The summed E-state index contributed by atoms with van der Waals surface area (Å²) in [6, 6.07) is 24.8. The second-order valence-corrected chi connectivity index (χ2v) is 8.28. The van der Waals surface area contributed by atoms with Gasteiger partial charge in [0.2, 0.25) is 4.73 Å². The SMILES string of the molecule is COc1ccccc1C(=O)Nc1ccccc1Sc1nc(Br)nn1Cc1ccccc1. The first-order valence-corrected chi connectivity index (χ1v) is 11.1. The molecule has 0 radical (unpaired) electrons. The highest BCUT2D eigenvalue weighted by Gasteiger charge is 2.16. The first-order valence-electron chi connectivity index (χ1n) is 9.49. The standard InChI is InChI=1S/C23H19BrN4O2S/c1-30-19-13-7-5-11-17(19)21(29)25-18-12-6-8-14-20(18)31-23-26-22(24)27-28(23)15-16-9-3-2-4-10-16/h2-14H,15H2,1H3,(H,25,29). The number of hydrogen-bond acceptors (Lipinski definition) is 5. The average Bonchev–Trinajstić information content (AvgIpc) is 3.14. The van der Waals surface area contributed by atoms with Gasteiger partial charge in [0, 0.05) is 4.90 Å². The molecule has 1 amide bonds. The van der Waals surface area contributed by atoms with Crippen molar-refractivity contribution in [3.63, 3.8) is 0 Å². The van der Waals surface area contributed by atoms with E-state index in [1.165, 1.54) is 11.8 Å². The lowest BCUT2D eigenvalue weighted by Gasteiger charge is -2.12. The van der Waals surface area contributed by atoms with E-state index in [4.69, 9.17) is 4.74 Å². The Bertz CT molecular complexity index is 1200. The van der Waals surface area contributed by atoms with E-state index in [0.717, 1.165) is 15.6 Å². The van der Waals surface area contributed by atoms with E-state index < -0.39 is 0 Å². The van der Waals surface area contributed by atoms with Gasteiger partial charge in [-0.05, 0) is 57.5 Å². The third-order valence-electron chi connectivity index (χ3n) is 4.48. The van der Waals surface area contributed by atoms with E-state index in [1.807, 2.05) is 71.4 Å². The zero-order valence-electron chi connectivity index (χ0n) is 16.7. The van der Waals surface area contributed by atoms with Crippen LogP contribution in [-0.4, -0.2) is 27.8 Å². The minimum atomic E-state index is -0.238. The van der Waals surface area contributed by atoms with Crippen molar-refractivity contribution in [2.75, 3.05) is 12.4 Å². The fourth-order valence-electron chi connectivity index (χ4n) is 3.02. The molecule has 4 rings (SSSR count). The molecule has 31 heavy (non-hydrogen) atoms. The maximum Gasteiger partial charge on any atom is 0.259 e. The van der Waals surface area contributed by atoms with Gasteiger partial charge >= 0.3 is 0 Å². The first-order chi connectivity index (χ1) is 15.1. The smallest absolute Gasteiger partial charge is 0.259 e. The zero-order chi connectivity index (χ0) is 21.6. The molecule has 0 saturated carbocycles. The normalized spacial score (nSPS) is 10.6. The lowest BCUT2D eigenvalue weighted by Crippen LogP contribution is -2.13. The molecule has 3 aromatic carbocycles. The predicted molar refractivity (Wildman–Crippen MR) is 125 cm³/mol. The average molecular weight is 495 g/mol. The molecule has 1 heterocycles. The van der Waals surface area contributed by atoms with Crippen molar-refractivity contribution in [1.29, 1.82) is 0 Å². The Morgan fingerprint density at radius 2 is 1.74 bits per heavy atom. The molecular weight excluding hydrogens is 476 g/mol. The summed E-state index contributed by atoms with van der Waals surface area (Å²) in [5.41, 5.74) is 2.29. The van der Waals surface area contributed by atoms with Gasteiger partial charge in [-0.2, -0.15) is 4.98 Å². The number of halogens is 1. The van der Waals surface area contributed by atoms with Crippen molar-refractivity contribution in [3.8, 4) is 5.75 Å². The van der Waals surface area contributed by atoms with Crippen LogP contribution in [0, 0.1) is 0 Å². The molecule has 1 N–H and O–H groups in total. The number of carbonyl (C=O) groups excluding carboxylic acids is 1. The van der Waals surface area contributed by atoms with Crippen LogP contribution in [0.4, 0.5) is 5.69 Å². The maximum atomic E-state index is 12.9. The molecule has 0 saturated heterocycles. The minimum absolute atomic E-state index is 0.238. The number of anilines is 1. The number of nitrogens with one attached hydrogen (secondary N) is 1. The molecule has 0 bridgehead atoms. The van der Waals surface area contributed by atoms with Crippen LogP contribution >= 0.6 is 27.7 Å². The molecule has 4 aromatic rings. The van der Waals surface area contributed by atoms with E-state index in [0.29, 0.717) is 28.3 Å². The van der Waals surface area contributed by atoms with Gasteiger partial charge in [-0.3, -0.25) is 4.79 Å². The second-order valence-electron chi connectivity index (χ2n) is 6.56. The van der Waals surface area contributed by atoms with E-state index >= 15 is 0 Å². The highest BCUT2D eigenvalue weighted by Crippen LogP contribution is 2.34. The summed E-state index contributed by atoms with van der Waals surface area (Å²) in [5.74, 6) is 0.286. The van der Waals surface area contributed by atoms with Gasteiger partial charge < -0.3 is 10.1 Å². The van der Waals surface area contributed by atoms with E-state index in [9.17, 15) is 4.79 Å². The number of para-hydroxylation sites is 2. The molecule has 0 aliphatic carbocycles. The Labute approximate surface area is 192 Å². The summed E-state index contributed by atoms with van der Waals surface area (Å²) in [6.45, 7) is 0.595. The number of carbonyl (C=O) groups is 1. The van der Waals surface area contributed by atoms with Gasteiger partial charge in [0.15, 0.2) is 5.16 Å².